The first-order valence-corrected chi connectivity index (χ1v) is 7.60. The van der Waals surface area contributed by atoms with E-state index >= 15 is 0 Å². The lowest BCUT2D eigenvalue weighted by atomic mass is 9.82. The van der Waals surface area contributed by atoms with Crippen LogP contribution in [0.25, 0.3) is 0 Å². The molecule has 0 radical (unpaired) electrons. The topological polar surface area (TPSA) is 95.5 Å². The third-order valence-electron chi connectivity index (χ3n) is 3.82. The van der Waals surface area contributed by atoms with Crippen LogP contribution in [-0.4, -0.2) is 22.9 Å². The minimum atomic E-state index is -0.960. The molecule has 2 rings (SSSR count). The van der Waals surface area contributed by atoms with Crippen LogP contribution in [0.2, 0.25) is 0 Å². The molecule has 0 spiro atoms. The smallest absolute Gasteiger partial charge is 0.307 e. The van der Waals surface area contributed by atoms with Crippen molar-refractivity contribution < 1.29 is 19.5 Å². The van der Waals surface area contributed by atoms with Gasteiger partial charge in [0.2, 0.25) is 11.8 Å². The van der Waals surface area contributed by atoms with Crippen molar-refractivity contribution in [2.75, 3.05) is 10.6 Å². The number of amides is 2. The fraction of sp³-hybridized carbons (Fsp3) is 0.353. The molecule has 1 aliphatic carbocycles. The van der Waals surface area contributed by atoms with Crippen molar-refractivity contribution in [2.24, 2.45) is 11.8 Å². The standard InChI is InChI=1S/C17H20N2O4/c1-2-15(20)18-11-6-5-7-12(10-11)19-16(21)13-8-3-4-9-14(13)17(22)23/h3-7,10,13-14H,2,8-9H2,1H3,(H,18,20)(H,19,21)(H,22,23)/t13-,14+/m0/s1. The minimum Gasteiger partial charge on any atom is -0.481 e. The summed E-state index contributed by atoms with van der Waals surface area (Å²) >= 11 is 0. The van der Waals surface area contributed by atoms with E-state index in [-0.39, 0.29) is 11.8 Å². The number of aliphatic carboxylic acids is 1. The lowest BCUT2D eigenvalue weighted by molar-refractivity contribution is -0.146. The monoisotopic (exact) mass is 316 g/mol. The molecule has 0 bridgehead atoms. The summed E-state index contributed by atoms with van der Waals surface area (Å²) < 4.78 is 0. The van der Waals surface area contributed by atoms with Gasteiger partial charge in [-0.25, -0.2) is 0 Å². The number of carboxylic acids is 1. The highest BCUT2D eigenvalue weighted by atomic mass is 16.4. The van der Waals surface area contributed by atoms with Crippen LogP contribution in [0.5, 0.6) is 0 Å². The second kappa shape index (κ2) is 7.58. The zero-order valence-corrected chi connectivity index (χ0v) is 12.9. The Morgan fingerprint density at radius 1 is 1.09 bits per heavy atom. The van der Waals surface area contributed by atoms with Gasteiger partial charge in [-0.05, 0) is 31.0 Å². The van der Waals surface area contributed by atoms with Crippen LogP contribution in [0.15, 0.2) is 36.4 Å². The van der Waals surface area contributed by atoms with E-state index in [1.54, 1.807) is 37.3 Å². The van der Waals surface area contributed by atoms with Crippen LogP contribution in [0.3, 0.4) is 0 Å². The molecule has 2 atom stereocenters. The highest BCUT2D eigenvalue weighted by Gasteiger charge is 2.33. The molecule has 1 aromatic carbocycles. The van der Waals surface area contributed by atoms with Gasteiger partial charge in [0.25, 0.3) is 0 Å². The third-order valence-corrected chi connectivity index (χ3v) is 3.82. The molecule has 0 saturated carbocycles. The molecule has 2 amide bonds. The van der Waals surface area contributed by atoms with Crippen LogP contribution in [0, 0.1) is 11.8 Å². The van der Waals surface area contributed by atoms with Gasteiger partial charge in [-0.1, -0.05) is 25.1 Å². The van der Waals surface area contributed by atoms with E-state index in [0.29, 0.717) is 30.6 Å². The summed E-state index contributed by atoms with van der Waals surface area (Å²) in [5, 5.41) is 14.7. The molecule has 1 aliphatic rings. The van der Waals surface area contributed by atoms with E-state index in [1.807, 2.05) is 6.08 Å². The van der Waals surface area contributed by atoms with Gasteiger partial charge in [0, 0.05) is 17.8 Å². The van der Waals surface area contributed by atoms with Crippen molar-refractivity contribution in [1.29, 1.82) is 0 Å². The van der Waals surface area contributed by atoms with Gasteiger partial charge >= 0.3 is 5.97 Å². The van der Waals surface area contributed by atoms with E-state index in [1.165, 1.54) is 0 Å². The normalized spacial score (nSPS) is 19.9. The first-order valence-electron chi connectivity index (χ1n) is 7.60. The Morgan fingerprint density at radius 2 is 1.70 bits per heavy atom. The predicted octanol–water partition coefficient (Wildman–Crippen LogP) is 2.64. The Morgan fingerprint density at radius 3 is 2.30 bits per heavy atom. The fourth-order valence-electron chi connectivity index (χ4n) is 2.54. The van der Waals surface area contributed by atoms with Crippen LogP contribution in [0.4, 0.5) is 11.4 Å². The summed E-state index contributed by atoms with van der Waals surface area (Å²) in [6, 6.07) is 6.80. The number of nitrogens with one attached hydrogen (secondary N) is 2. The van der Waals surface area contributed by atoms with Crippen molar-refractivity contribution in [3.8, 4) is 0 Å². The third kappa shape index (κ3) is 4.42. The number of hydrogen-bond acceptors (Lipinski definition) is 3. The Bertz CT molecular complexity index is 639. The number of allylic oxidation sites excluding steroid dienone is 2. The Balaban J connectivity index is 2.07. The summed E-state index contributed by atoms with van der Waals surface area (Å²) in [6.45, 7) is 1.75. The number of anilines is 2. The molecular formula is C17H20N2O4. The van der Waals surface area contributed by atoms with Gasteiger partial charge in [-0.15, -0.1) is 0 Å². The predicted molar refractivity (Wildman–Crippen MR) is 87.0 cm³/mol. The Labute approximate surface area is 134 Å². The number of hydrogen-bond donors (Lipinski definition) is 3. The summed E-state index contributed by atoms with van der Waals surface area (Å²) in [7, 11) is 0. The van der Waals surface area contributed by atoms with E-state index in [0.717, 1.165) is 0 Å². The number of rotatable bonds is 5. The van der Waals surface area contributed by atoms with Gasteiger partial charge < -0.3 is 15.7 Å². The van der Waals surface area contributed by atoms with E-state index < -0.39 is 17.8 Å². The van der Waals surface area contributed by atoms with Crippen LogP contribution in [0.1, 0.15) is 26.2 Å². The number of carboxylic acid groups (broad SMARTS) is 1. The van der Waals surface area contributed by atoms with Gasteiger partial charge in [0.15, 0.2) is 0 Å². The van der Waals surface area contributed by atoms with E-state index in [4.69, 9.17) is 0 Å². The zero-order valence-electron chi connectivity index (χ0n) is 12.9. The molecule has 3 N–H and O–H groups in total. The Hall–Kier alpha value is -2.63. The average molecular weight is 316 g/mol. The number of carbonyl (C=O) groups excluding carboxylic acids is 2. The largest absolute Gasteiger partial charge is 0.481 e. The van der Waals surface area contributed by atoms with Gasteiger partial charge in [0.1, 0.15) is 0 Å². The number of benzene rings is 1. The van der Waals surface area contributed by atoms with Crippen molar-refractivity contribution >= 4 is 29.2 Å². The van der Waals surface area contributed by atoms with Gasteiger partial charge in [0.05, 0.1) is 11.8 Å². The molecule has 1 aromatic rings. The highest BCUT2D eigenvalue weighted by molar-refractivity contribution is 5.96. The maximum absolute atomic E-state index is 12.4. The quantitative estimate of drug-likeness (QED) is 0.728. The SMILES string of the molecule is CCC(=O)Nc1cccc(NC(=O)[C@H]2CC=CC[C@H]2C(=O)O)c1. The summed E-state index contributed by atoms with van der Waals surface area (Å²) in [4.78, 5) is 35.1. The molecule has 0 fully saturated rings. The molecule has 0 aliphatic heterocycles. The van der Waals surface area contributed by atoms with Gasteiger partial charge in [-0.3, -0.25) is 14.4 Å². The minimum absolute atomic E-state index is 0.114. The van der Waals surface area contributed by atoms with Crippen molar-refractivity contribution in [1.82, 2.24) is 0 Å². The molecule has 23 heavy (non-hydrogen) atoms. The van der Waals surface area contributed by atoms with Gasteiger partial charge in [-0.2, -0.15) is 0 Å². The summed E-state index contributed by atoms with van der Waals surface area (Å²) in [5.41, 5.74) is 1.12. The summed E-state index contributed by atoms with van der Waals surface area (Å²) in [5.74, 6) is -2.69. The van der Waals surface area contributed by atoms with E-state index in [2.05, 4.69) is 10.6 Å². The van der Waals surface area contributed by atoms with Crippen molar-refractivity contribution in [3.63, 3.8) is 0 Å². The first-order chi connectivity index (χ1) is 11.0. The van der Waals surface area contributed by atoms with Crippen LogP contribution in [-0.2, 0) is 14.4 Å². The maximum Gasteiger partial charge on any atom is 0.307 e. The Kier molecular flexibility index (Phi) is 5.51. The average Bonchev–Trinajstić information content (AvgIpc) is 2.55. The molecule has 122 valence electrons. The van der Waals surface area contributed by atoms with Crippen LogP contribution >= 0.6 is 0 Å². The first kappa shape index (κ1) is 16.7. The second-order valence-electron chi connectivity index (χ2n) is 5.47. The van der Waals surface area contributed by atoms with E-state index in [9.17, 15) is 19.5 Å². The second-order valence-corrected chi connectivity index (χ2v) is 5.47. The number of carbonyl (C=O) groups is 3. The molecule has 0 aromatic heterocycles. The molecule has 6 heteroatoms. The highest BCUT2D eigenvalue weighted by Crippen LogP contribution is 2.27. The molecular weight excluding hydrogens is 296 g/mol. The maximum atomic E-state index is 12.4. The lowest BCUT2D eigenvalue weighted by Gasteiger charge is -2.24. The van der Waals surface area contributed by atoms with Crippen molar-refractivity contribution in [2.45, 2.75) is 26.2 Å². The van der Waals surface area contributed by atoms with Crippen molar-refractivity contribution in [3.05, 3.63) is 36.4 Å². The summed E-state index contributed by atoms with van der Waals surface area (Å²) in [6.07, 6.45) is 4.77. The lowest BCUT2D eigenvalue weighted by Crippen LogP contribution is -2.34. The fourth-order valence-corrected chi connectivity index (χ4v) is 2.54. The molecule has 0 saturated heterocycles. The van der Waals surface area contributed by atoms with Crippen LogP contribution < -0.4 is 10.6 Å². The molecule has 0 unspecified atom stereocenters. The molecule has 0 heterocycles. The molecule has 6 nitrogen and oxygen atoms in total. The zero-order chi connectivity index (χ0) is 16.8.